The van der Waals surface area contributed by atoms with Gasteiger partial charge in [-0.05, 0) is 22.9 Å². The zero-order valence-electron chi connectivity index (χ0n) is 13.8. The summed E-state index contributed by atoms with van der Waals surface area (Å²) in [6, 6.07) is 3.43. The highest BCUT2D eigenvalue weighted by Gasteiger charge is 2.15. The maximum absolute atomic E-state index is 11.5. The minimum absolute atomic E-state index is 0.298. The van der Waals surface area contributed by atoms with Crippen molar-refractivity contribution >= 4 is 34.6 Å². The molecule has 0 aliphatic heterocycles. The molecule has 136 valence electrons. The van der Waals surface area contributed by atoms with Crippen LogP contribution in [0.15, 0.2) is 22.9 Å². The SMILES string of the molecule is COC(=O)c1sccc1OCCOCCOc1ccsc1C(=O)OC. The standard InChI is InChI=1S/C16H18O7S2/c1-19-15(17)13-11(3-9-24-13)22-7-5-21-6-8-23-12-4-10-25-14(12)16(18)20-2/h3-4,9-10H,5-8H2,1-2H3. The van der Waals surface area contributed by atoms with Gasteiger partial charge in [-0.3, -0.25) is 0 Å². The Morgan fingerprint density at radius 2 is 1.24 bits per heavy atom. The first kappa shape index (κ1) is 19.2. The van der Waals surface area contributed by atoms with Gasteiger partial charge in [0.2, 0.25) is 0 Å². The zero-order valence-corrected chi connectivity index (χ0v) is 15.4. The third-order valence-electron chi connectivity index (χ3n) is 2.97. The Kier molecular flexibility index (Phi) is 7.71. The highest BCUT2D eigenvalue weighted by molar-refractivity contribution is 7.12. The lowest BCUT2D eigenvalue weighted by Crippen LogP contribution is -2.13. The van der Waals surface area contributed by atoms with Gasteiger partial charge in [0.15, 0.2) is 9.75 Å². The largest absolute Gasteiger partial charge is 0.489 e. The molecular formula is C16H18O7S2. The van der Waals surface area contributed by atoms with Gasteiger partial charge in [-0.1, -0.05) is 0 Å². The van der Waals surface area contributed by atoms with Crippen molar-refractivity contribution in [3.05, 3.63) is 32.6 Å². The molecule has 9 heteroatoms. The first-order valence-corrected chi connectivity index (χ1v) is 9.08. The number of carbonyl (C=O) groups excluding carboxylic acids is 2. The fraction of sp³-hybridized carbons (Fsp3) is 0.375. The van der Waals surface area contributed by atoms with Gasteiger partial charge < -0.3 is 23.7 Å². The van der Waals surface area contributed by atoms with E-state index in [0.29, 0.717) is 47.7 Å². The van der Waals surface area contributed by atoms with Crippen molar-refractivity contribution in [1.29, 1.82) is 0 Å². The van der Waals surface area contributed by atoms with Gasteiger partial charge in [-0.15, -0.1) is 22.7 Å². The van der Waals surface area contributed by atoms with E-state index in [4.69, 9.17) is 14.2 Å². The molecule has 0 aliphatic rings. The van der Waals surface area contributed by atoms with E-state index in [1.54, 1.807) is 22.9 Å². The number of rotatable bonds is 10. The van der Waals surface area contributed by atoms with E-state index >= 15 is 0 Å². The predicted molar refractivity (Wildman–Crippen MR) is 93.1 cm³/mol. The highest BCUT2D eigenvalue weighted by atomic mass is 32.1. The van der Waals surface area contributed by atoms with Crippen LogP contribution in [0.5, 0.6) is 11.5 Å². The molecule has 0 amide bonds. The smallest absolute Gasteiger partial charge is 0.351 e. The summed E-state index contributed by atoms with van der Waals surface area (Å²) in [4.78, 5) is 23.9. The summed E-state index contributed by atoms with van der Waals surface area (Å²) in [5.74, 6) is 0.128. The number of esters is 2. The first-order valence-electron chi connectivity index (χ1n) is 7.32. The summed E-state index contributed by atoms with van der Waals surface area (Å²) in [6.45, 7) is 1.28. The molecule has 0 bridgehead atoms. The molecule has 0 radical (unpaired) electrons. The molecule has 0 spiro atoms. The van der Waals surface area contributed by atoms with E-state index in [9.17, 15) is 9.59 Å². The molecule has 7 nitrogen and oxygen atoms in total. The van der Waals surface area contributed by atoms with Crippen LogP contribution in [0.25, 0.3) is 0 Å². The molecule has 0 fully saturated rings. The van der Waals surface area contributed by atoms with E-state index in [-0.39, 0.29) is 0 Å². The van der Waals surface area contributed by atoms with Crippen LogP contribution in [0.3, 0.4) is 0 Å². The summed E-state index contributed by atoms with van der Waals surface area (Å²) < 4.78 is 25.8. The van der Waals surface area contributed by atoms with Crippen molar-refractivity contribution < 1.29 is 33.3 Å². The Labute approximate surface area is 153 Å². The van der Waals surface area contributed by atoms with E-state index in [0.717, 1.165) is 0 Å². The van der Waals surface area contributed by atoms with Gasteiger partial charge >= 0.3 is 11.9 Å². The van der Waals surface area contributed by atoms with Crippen LogP contribution in [0.4, 0.5) is 0 Å². The molecule has 0 saturated heterocycles. The van der Waals surface area contributed by atoms with Crippen molar-refractivity contribution in [2.75, 3.05) is 40.6 Å². The summed E-state index contributed by atoms with van der Waals surface area (Å²) in [6.07, 6.45) is 0. The Morgan fingerprint density at radius 1 is 0.800 bits per heavy atom. The minimum atomic E-state index is -0.420. The molecule has 0 N–H and O–H groups in total. The van der Waals surface area contributed by atoms with Crippen molar-refractivity contribution in [2.24, 2.45) is 0 Å². The second-order valence-electron chi connectivity index (χ2n) is 4.52. The van der Waals surface area contributed by atoms with Crippen molar-refractivity contribution in [2.45, 2.75) is 0 Å². The Bertz CT molecular complexity index is 634. The predicted octanol–water partition coefficient (Wildman–Crippen LogP) is 2.86. The fourth-order valence-electron chi connectivity index (χ4n) is 1.83. The average Bonchev–Trinajstić information content (AvgIpc) is 3.28. The van der Waals surface area contributed by atoms with Gasteiger partial charge in [-0.25, -0.2) is 9.59 Å². The first-order chi connectivity index (χ1) is 12.2. The highest BCUT2D eigenvalue weighted by Crippen LogP contribution is 2.26. The van der Waals surface area contributed by atoms with Crippen LogP contribution < -0.4 is 9.47 Å². The van der Waals surface area contributed by atoms with Gasteiger partial charge in [0, 0.05) is 0 Å². The van der Waals surface area contributed by atoms with Gasteiger partial charge in [0.1, 0.15) is 24.7 Å². The second-order valence-corrected chi connectivity index (χ2v) is 6.35. The molecule has 2 rings (SSSR count). The average molecular weight is 386 g/mol. The van der Waals surface area contributed by atoms with E-state index in [2.05, 4.69) is 9.47 Å². The maximum Gasteiger partial charge on any atom is 0.351 e. The number of ether oxygens (including phenoxy) is 5. The third kappa shape index (κ3) is 5.45. The van der Waals surface area contributed by atoms with E-state index in [1.165, 1.54) is 36.9 Å². The molecule has 25 heavy (non-hydrogen) atoms. The van der Waals surface area contributed by atoms with E-state index < -0.39 is 11.9 Å². The third-order valence-corrected chi connectivity index (χ3v) is 4.72. The molecular weight excluding hydrogens is 368 g/mol. The molecule has 0 unspecified atom stereocenters. The summed E-state index contributed by atoms with van der Waals surface area (Å²) in [5.41, 5.74) is 0. The van der Waals surface area contributed by atoms with Crippen LogP contribution in [0.1, 0.15) is 19.3 Å². The molecule has 0 saturated carbocycles. The van der Waals surface area contributed by atoms with Crippen molar-refractivity contribution in [1.82, 2.24) is 0 Å². The van der Waals surface area contributed by atoms with E-state index in [1.807, 2.05) is 0 Å². The molecule has 0 atom stereocenters. The molecule has 2 aromatic heterocycles. The fourth-order valence-corrected chi connectivity index (χ4v) is 3.33. The van der Waals surface area contributed by atoms with Crippen LogP contribution >= 0.6 is 22.7 Å². The zero-order chi connectivity index (χ0) is 18.1. The minimum Gasteiger partial charge on any atom is -0.489 e. The van der Waals surface area contributed by atoms with Crippen LogP contribution in [0.2, 0.25) is 0 Å². The van der Waals surface area contributed by atoms with Crippen LogP contribution in [-0.4, -0.2) is 52.6 Å². The Balaban J connectivity index is 1.63. The van der Waals surface area contributed by atoms with Crippen molar-refractivity contribution in [3.63, 3.8) is 0 Å². The number of methoxy groups -OCH3 is 2. The lowest BCUT2D eigenvalue weighted by Gasteiger charge is -2.08. The van der Waals surface area contributed by atoms with Gasteiger partial charge in [0.25, 0.3) is 0 Å². The number of hydrogen-bond acceptors (Lipinski definition) is 9. The lowest BCUT2D eigenvalue weighted by atomic mass is 10.4. The Hall–Kier alpha value is -2.10. The summed E-state index contributed by atoms with van der Waals surface area (Å²) in [5, 5.41) is 3.52. The Morgan fingerprint density at radius 3 is 1.64 bits per heavy atom. The molecule has 0 aliphatic carbocycles. The molecule has 2 aromatic rings. The van der Waals surface area contributed by atoms with Crippen molar-refractivity contribution in [3.8, 4) is 11.5 Å². The molecule has 0 aromatic carbocycles. The number of carbonyl (C=O) groups is 2. The normalized spacial score (nSPS) is 10.3. The summed E-state index contributed by atoms with van der Waals surface area (Å²) >= 11 is 2.52. The lowest BCUT2D eigenvalue weighted by molar-refractivity contribution is 0.0592. The van der Waals surface area contributed by atoms with Crippen LogP contribution in [-0.2, 0) is 14.2 Å². The second kappa shape index (κ2) is 10.0. The van der Waals surface area contributed by atoms with Gasteiger partial charge in [-0.2, -0.15) is 0 Å². The number of thiophene rings is 2. The topological polar surface area (TPSA) is 80.3 Å². The van der Waals surface area contributed by atoms with Crippen LogP contribution in [0, 0.1) is 0 Å². The summed E-state index contributed by atoms with van der Waals surface area (Å²) in [7, 11) is 2.65. The van der Waals surface area contributed by atoms with Gasteiger partial charge in [0.05, 0.1) is 27.4 Å². The maximum atomic E-state index is 11.5. The monoisotopic (exact) mass is 386 g/mol. The number of hydrogen-bond donors (Lipinski definition) is 0. The quantitative estimate of drug-likeness (QED) is 0.459. The molecule has 2 heterocycles.